The van der Waals surface area contributed by atoms with Crippen LogP contribution in [0, 0.1) is 0 Å². The molecule has 0 bridgehead atoms. The minimum absolute atomic E-state index is 1.18. The molecule has 0 fully saturated rings. The molecule has 6 rings (SSSR count). The zero-order valence-corrected chi connectivity index (χ0v) is 16.0. The third kappa shape index (κ3) is 2.42. The summed E-state index contributed by atoms with van der Waals surface area (Å²) in [6.07, 6.45) is 0. The van der Waals surface area contributed by atoms with Crippen LogP contribution in [0.1, 0.15) is 0 Å². The molecule has 5 aromatic rings. The molecule has 0 unspecified atom stereocenters. The first-order valence-electron chi connectivity index (χ1n) is 9.46. The molecule has 2 heteroatoms. The van der Waals surface area contributed by atoms with E-state index in [0.29, 0.717) is 0 Å². The molecule has 132 valence electrons. The van der Waals surface area contributed by atoms with E-state index in [1.54, 1.807) is 0 Å². The van der Waals surface area contributed by atoms with Gasteiger partial charge in [-0.25, -0.2) is 0 Å². The third-order valence-corrected chi connectivity index (χ3v) is 6.59. The molecule has 5 aromatic carbocycles. The van der Waals surface area contributed by atoms with Gasteiger partial charge in [-0.2, -0.15) is 0 Å². The molecular formula is C26H17NS. The lowest BCUT2D eigenvalue weighted by Gasteiger charge is -2.21. The Labute approximate surface area is 168 Å². The van der Waals surface area contributed by atoms with E-state index in [2.05, 4.69) is 102 Å². The Bertz CT molecular complexity index is 1370. The quantitative estimate of drug-likeness (QED) is 0.293. The van der Waals surface area contributed by atoms with Crippen LogP contribution in [-0.2, 0) is 0 Å². The minimum atomic E-state index is 1.18. The number of anilines is 2. The summed E-state index contributed by atoms with van der Waals surface area (Å²) in [6, 6.07) is 34.9. The maximum atomic E-state index is 3.62. The van der Waals surface area contributed by atoms with Gasteiger partial charge < -0.3 is 5.32 Å². The fourth-order valence-electron chi connectivity index (χ4n) is 4.10. The van der Waals surface area contributed by atoms with Crippen molar-refractivity contribution in [1.82, 2.24) is 0 Å². The number of rotatable bonds is 1. The van der Waals surface area contributed by atoms with Crippen molar-refractivity contribution in [2.75, 3.05) is 5.32 Å². The van der Waals surface area contributed by atoms with Crippen LogP contribution in [0.15, 0.2) is 107 Å². The first-order chi connectivity index (χ1) is 13.9. The highest BCUT2D eigenvalue weighted by atomic mass is 32.2. The van der Waals surface area contributed by atoms with Gasteiger partial charge in [0.05, 0.1) is 11.4 Å². The maximum Gasteiger partial charge on any atom is 0.0532 e. The van der Waals surface area contributed by atoms with E-state index in [1.807, 2.05) is 11.8 Å². The average Bonchev–Trinajstić information content (AvgIpc) is 2.77. The Hall–Kier alpha value is -3.23. The smallest absolute Gasteiger partial charge is 0.0532 e. The molecule has 0 aliphatic carbocycles. The van der Waals surface area contributed by atoms with Crippen LogP contribution >= 0.6 is 11.8 Å². The van der Waals surface area contributed by atoms with Gasteiger partial charge in [0.1, 0.15) is 0 Å². The number of benzene rings is 5. The molecule has 0 atom stereocenters. The first-order valence-corrected chi connectivity index (χ1v) is 10.3. The molecule has 1 nitrogen and oxygen atoms in total. The SMILES string of the molecule is c1ccc2c(c1)Nc1cc(-c3cc4ccccc4c4ccccc34)ccc1S2. The Balaban J connectivity index is 1.57. The number of hydrogen-bond donors (Lipinski definition) is 1. The predicted molar refractivity (Wildman–Crippen MR) is 121 cm³/mol. The second-order valence-electron chi connectivity index (χ2n) is 7.13. The monoisotopic (exact) mass is 375 g/mol. The van der Waals surface area contributed by atoms with Crippen LogP contribution in [0.25, 0.3) is 32.7 Å². The number of fused-ring (bicyclic) bond motifs is 5. The van der Waals surface area contributed by atoms with Crippen LogP contribution in [0.3, 0.4) is 0 Å². The second kappa shape index (κ2) is 6.15. The summed E-state index contributed by atoms with van der Waals surface area (Å²) in [5.41, 5.74) is 4.88. The number of para-hydroxylation sites is 1. The zero-order valence-electron chi connectivity index (χ0n) is 15.1. The molecule has 1 aliphatic rings. The summed E-state index contributed by atoms with van der Waals surface area (Å²) >= 11 is 1.83. The second-order valence-corrected chi connectivity index (χ2v) is 8.21. The van der Waals surface area contributed by atoms with Crippen molar-refractivity contribution in [3.05, 3.63) is 97.1 Å². The van der Waals surface area contributed by atoms with E-state index < -0.39 is 0 Å². The molecule has 28 heavy (non-hydrogen) atoms. The fraction of sp³-hybridized carbons (Fsp3) is 0. The standard InChI is InChI=1S/C26H17NS/c1-2-8-19-17(7-1)15-22(21-10-4-3-9-20(19)21)18-13-14-26-24(16-18)27-23-11-5-6-12-25(23)28-26/h1-16,27H. The Morgan fingerprint density at radius 3 is 2.18 bits per heavy atom. The van der Waals surface area contributed by atoms with Crippen LogP contribution < -0.4 is 5.32 Å². The molecule has 0 spiro atoms. The lowest BCUT2D eigenvalue weighted by molar-refractivity contribution is 1.32. The summed E-state index contributed by atoms with van der Waals surface area (Å²) in [5, 5.41) is 8.80. The average molecular weight is 375 g/mol. The summed E-state index contributed by atoms with van der Waals surface area (Å²) in [6.45, 7) is 0. The highest BCUT2D eigenvalue weighted by Crippen LogP contribution is 2.46. The fourth-order valence-corrected chi connectivity index (χ4v) is 5.07. The summed E-state index contributed by atoms with van der Waals surface area (Å²) in [5.74, 6) is 0. The number of nitrogens with one attached hydrogen (secondary N) is 1. The molecular weight excluding hydrogens is 358 g/mol. The van der Waals surface area contributed by atoms with Gasteiger partial charge in [0.2, 0.25) is 0 Å². The van der Waals surface area contributed by atoms with Crippen molar-refractivity contribution in [1.29, 1.82) is 0 Å². The van der Waals surface area contributed by atoms with Gasteiger partial charge >= 0.3 is 0 Å². The van der Waals surface area contributed by atoms with Crippen molar-refractivity contribution in [2.24, 2.45) is 0 Å². The van der Waals surface area contributed by atoms with Gasteiger partial charge in [-0.05, 0) is 63.0 Å². The van der Waals surface area contributed by atoms with Crippen LogP contribution in [0.2, 0.25) is 0 Å². The Morgan fingerprint density at radius 1 is 0.536 bits per heavy atom. The summed E-state index contributed by atoms with van der Waals surface area (Å²) in [7, 11) is 0. The van der Waals surface area contributed by atoms with E-state index in [9.17, 15) is 0 Å². The molecule has 0 saturated heterocycles. The van der Waals surface area contributed by atoms with Gasteiger partial charge in [0, 0.05) is 9.79 Å². The van der Waals surface area contributed by atoms with Gasteiger partial charge in [-0.3, -0.25) is 0 Å². The predicted octanol–water partition coefficient (Wildman–Crippen LogP) is 7.87. The van der Waals surface area contributed by atoms with Crippen LogP contribution in [0.4, 0.5) is 11.4 Å². The molecule has 1 N–H and O–H groups in total. The normalized spacial score (nSPS) is 12.4. The van der Waals surface area contributed by atoms with Gasteiger partial charge in [0.15, 0.2) is 0 Å². The van der Waals surface area contributed by atoms with E-state index >= 15 is 0 Å². The Morgan fingerprint density at radius 2 is 1.25 bits per heavy atom. The van der Waals surface area contributed by atoms with Gasteiger partial charge in [0.25, 0.3) is 0 Å². The van der Waals surface area contributed by atoms with E-state index in [0.717, 1.165) is 0 Å². The van der Waals surface area contributed by atoms with Gasteiger partial charge in [-0.15, -0.1) is 0 Å². The molecule has 1 aliphatic heterocycles. The third-order valence-electron chi connectivity index (χ3n) is 5.43. The van der Waals surface area contributed by atoms with E-state index in [4.69, 9.17) is 0 Å². The largest absolute Gasteiger partial charge is 0.354 e. The van der Waals surface area contributed by atoms with E-state index in [1.165, 1.54) is 53.8 Å². The summed E-state index contributed by atoms with van der Waals surface area (Å²) < 4.78 is 0. The van der Waals surface area contributed by atoms with E-state index in [-0.39, 0.29) is 0 Å². The molecule has 0 saturated carbocycles. The van der Waals surface area contributed by atoms with Crippen LogP contribution in [-0.4, -0.2) is 0 Å². The molecule has 1 heterocycles. The highest BCUT2D eigenvalue weighted by molar-refractivity contribution is 7.99. The maximum absolute atomic E-state index is 3.62. The van der Waals surface area contributed by atoms with Crippen molar-refractivity contribution >= 4 is 44.7 Å². The molecule has 0 aromatic heterocycles. The first kappa shape index (κ1) is 15.8. The van der Waals surface area contributed by atoms with Crippen molar-refractivity contribution in [3.63, 3.8) is 0 Å². The zero-order chi connectivity index (χ0) is 18.5. The van der Waals surface area contributed by atoms with Crippen molar-refractivity contribution in [3.8, 4) is 11.1 Å². The number of hydrogen-bond acceptors (Lipinski definition) is 2. The van der Waals surface area contributed by atoms with Crippen LogP contribution in [0.5, 0.6) is 0 Å². The topological polar surface area (TPSA) is 12.0 Å². The summed E-state index contributed by atoms with van der Waals surface area (Å²) in [4.78, 5) is 2.55. The van der Waals surface area contributed by atoms with Gasteiger partial charge in [-0.1, -0.05) is 78.5 Å². The van der Waals surface area contributed by atoms with Crippen molar-refractivity contribution in [2.45, 2.75) is 9.79 Å². The lowest BCUT2D eigenvalue weighted by atomic mass is 9.93. The van der Waals surface area contributed by atoms with Crippen molar-refractivity contribution < 1.29 is 0 Å². The minimum Gasteiger partial charge on any atom is -0.354 e. The molecule has 0 amide bonds. The molecule has 0 radical (unpaired) electrons. The highest BCUT2D eigenvalue weighted by Gasteiger charge is 2.16. The lowest BCUT2D eigenvalue weighted by Crippen LogP contribution is -1.99. The Kier molecular flexibility index (Phi) is 3.47.